The fraction of sp³-hybridized carbons (Fsp3) is 0.391. The van der Waals surface area contributed by atoms with Crippen molar-refractivity contribution in [1.82, 2.24) is 15.1 Å². The quantitative estimate of drug-likeness (QED) is 0.597. The second-order valence-electron chi connectivity index (χ2n) is 7.48. The van der Waals surface area contributed by atoms with Gasteiger partial charge in [-0.05, 0) is 24.8 Å². The number of nitriles is 2. The molecule has 0 spiro atoms. The van der Waals surface area contributed by atoms with Gasteiger partial charge in [0.25, 0.3) is 5.91 Å². The van der Waals surface area contributed by atoms with E-state index in [-0.39, 0.29) is 17.5 Å². The Morgan fingerprint density at radius 1 is 1.28 bits per heavy atom. The lowest BCUT2D eigenvalue weighted by Crippen LogP contribution is -2.41. The number of nitrogens with one attached hydrogen (secondary N) is 1. The van der Waals surface area contributed by atoms with Crippen molar-refractivity contribution in [1.29, 1.82) is 10.5 Å². The maximum atomic E-state index is 12.7. The molecule has 0 radical (unpaired) electrons. The molecule has 1 aliphatic carbocycles. The summed E-state index contributed by atoms with van der Waals surface area (Å²) in [6.07, 6.45) is 8.06. The third kappa shape index (κ3) is 5.12. The highest BCUT2D eigenvalue weighted by atomic mass is 16.1. The number of carbonyl (C=O) groups excluding carboxylic acids is 1. The first-order chi connectivity index (χ1) is 14.1. The molecule has 0 unspecified atom stereocenters. The maximum absolute atomic E-state index is 12.7. The highest BCUT2D eigenvalue weighted by Crippen LogP contribution is 2.26. The summed E-state index contributed by atoms with van der Waals surface area (Å²) in [4.78, 5) is 12.7. The van der Waals surface area contributed by atoms with Crippen LogP contribution in [-0.2, 0) is 11.3 Å². The summed E-state index contributed by atoms with van der Waals surface area (Å²) in [6, 6.07) is 13.9. The van der Waals surface area contributed by atoms with Gasteiger partial charge in [-0.15, -0.1) is 0 Å². The summed E-state index contributed by atoms with van der Waals surface area (Å²) >= 11 is 0. The lowest BCUT2D eigenvalue weighted by Gasteiger charge is -2.29. The van der Waals surface area contributed by atoms with Crippen LogP contribution in [-0.4, -0.2) is 21.7 Å². The van der Waals surface area contributed by atoms with Crippen molar-refractivity contribution in [2.75, 3.05) is 0 Å². The molecular formula is C23H25N5O. The summed E-state index contributed by atoms with van der Waals surface area (Å²) in [5, 5.41) is 26.1. The average molecular weight is 387 g/mol. The van der Waals surface area contributed by atoms with Crippen LogP contribution in [0.4, 0.5) is 0 Å². The molecule has 0 aliphatic heterocycles. The molecule has 1 heterocycles. The normalized spacial score (nSPS) is 19.2. The Hall–Kier alpha value is -3.38. The van der Waals surface area contributed by atoms with Crippen molar-refractivity contribution in [3.63, 3.8) is 0 Å². The predicted octanol–water partition coefficient (Wildman–Crippen LogP) is 4.07. The van der Waals surface area contributed by atoms with Crippen molar-refractivity contribution in [3.8, 4) is 23.4 Å². The number of rotatable bonds is 6. The molecule has 148 valence electrons. The minimum atomic E-state index is -0.338. The van der Waals surface area contributed by atoms with Gasteiger partial charge in [0.1, 0.15) is 11.6 Å². The Kier molecular flexibility index (Phi) is 6.81. The number of amides is 1. The molecule has 6 heteroatoms. The molecule has 1 saturated carbocycles. The molecule has 3 rings (SSSR count). The first-order valence-corrected chi connectivity index (χ1v) is 10.0. The van der Waals surface area contributed by atoms with Crippen LogP contribution in [0.2, 0.25) is 0 Å². The number of hydrogen-bond donors (Lipinski definition) is 1. The SMILES string of the molecule is C[C@@H]1CCCC[C@@H]1NC(=O)/C(C#N)=C/c1cn(CCC#N)nc1-c1ccccc1. The Morgan fingerprint density at radius 2 is 2.03 bits per heavy atom. The first kappa shape index (κ1) is 20.4. The van der Waals surface area contributed by atoms with E-state index in [0.29, 0.717) is 30.1 Å². The van der Waals surface area contributed by atoms with Gasteiger partial charge in [-0.3, -0.25) is 9.48 Å². The lowest BCUT2D eigenvalue weighted by atomic mass is 9.86. The molecule has 0 bridgehead atoms. The van der Waals surface area contributed by atoms with Gasteiger partial charge >= 0.3 is 0 Å². The maximum Gasteiger partial charge on any atom is 0.262 e. The van der Waals surface area contributed by atoms with Crippen LogP contribution in [0.3, 0.4) is 0 Å². The van der Waals surface area contributed by atoms with Crippen LogP contribution >= 0.6 is 0 Å². The number of benzene rings is 1. The largest absolute Gasteiger partial charge is 0.348 e. The van der Waals surface area contributed by atoms with Gasteiger partial charge in [0.05, 0.1) is 24.7 Å². The molecule has 1 aromatic heterocycles. The van der Waals surface area contributed by atoms with Crippen molar-refractivity contribution in [3.05, 3.63) is 47.7 Å². The number of nitrogens with zero attached hydrogens (tertiary/aromatic N) is 4. The van der Waals surface area contributed by atoms with E-state index in [1.165, 1.54) is 6.42 Å². The van der Waals surface area contributed by atoms with Crippen molar-refractivity contribution in [2.24, 2.45) is 5.92 Å². The number of hydrogen-bond acceptors (Lipinski definition) is 4. The van der Waals surface area contributed by atoms with Crippen LogP contribution in [0.1, 0.15) is 44.6 Å². The van der Waals surface area contributed by atoms with E-state index in [0.717, 1.165) is 24.8 Å². The monoisotopic (exact) mass is 387 g/mol. The molecule has 1 fully saturated rings. The van der Waals surface area contributed by atoms with Crippen LogP contribution in [0, 0.1) is 28.6 Å². The molecule has 6 nitrogen and oxygen atoms in total. The zero-order chi connectivity index (χ0) is 20.6. The molecular weight excluding hydrogens is 362 g/mol. The van der Waals surface area contributed by atoms with E-state index in [4.69, 9.17) is 5.26 Å². The summed E-state index contributed by atoms with van der Waals surface area (Å²) in [7, 11) is 0. The topological polar surface area (TPSA) is 94.5 Å². The van der Waals surface area contributed by atoms with Crippen molar-refractivity contribution >= 4 is 12.0 Å². The van der Waals surface area contributed by atoms with Gasteiger partial charge in [0.15, 0.2) is 0 Å². The Labute approximate surface area is 171 Å². The highest BCUT2D eigenvalue weighted by molar-refractivity contribution is 6.02. The number of aromatic nitrogens is 2. The van der Waals surface area contributed by atoms with Gasteiger partial charge < -0.3 is 5.32 Å². The minimum Gasteiger partial charge on any atom is -0.348 e. The van der Waals surface area contributed by atoms with Crippen LogP contribution in [0.5, 0.6) is 0 Å². The molecule has 1 aromatic carbocycles. The molecule has 29 heavy (non-hydrogen) atoms. The average Bonchev–Trinajstić information content (AvgIpc) is 3.15. The Morgan fingerprint density at radius 3 is 2.72 bits per heavy atom. The third-order valence-electron chi connectivity index (χ3n) is 5.38. The molecule has 1 amide bonds. The fourth-order valence-corrected chi connectivity index (χ4v) is 3.72. The number of carbonyl (C=O) groups is 1. The summed E-state index contributed by atoms with van der Waals surface area (Å²) in [5.41, 5.74) is 2.35. The molecule has 1 N–H and O–H groups in total. The fourth-order valence-electron chi connectivity index (χ4n) is 3.72. The van der Waals surface area contributed by atoms with E-state index in [2.05, 4.69) is 23.4 Å². The van der Waals surface area contributed by atoms with Gasteiger partial charge in [-0.2, -0.15) is 15.6 Å². The summed E-state index contributed by atoms with van der Waals surface area (Å²) in [6.45, 7) is 2.60. The molecule has 2 atom stereocenters. The zero-order valence-corrected chi connectivity index (χ0v) is 16.6. The predicted molar refractivity (Wildman–Crippen MR) is 111 cm³/mol. The third-order valence-corrected chi connectivity index (χ3v) is 5.38. The van der Waals surface area contributed by atoms with Gasteiger partial charge in [0.2, 0.25) is 0 Å². The van der Waals surface area contributed by atoms with E-state index >= 15 is 0 Å². The van der Waals surface area contributed by atoms with E-state index in [1.807, 2.05) is 36.4 Å². The lowest BCUT2D eigenvalue weighted by molar-refractivity contribution is -0.118. The van der Waals surface area contributed by atoms with Gasteiger partial charge in [-0.25, -0.2) is 0 Å². The van der Waals surface area contributed by atoms with Crippen LogP contribution in [0.25, 0.3) is 17.3 Å². The minimum absolute atomic E-state index is 0.0692. The van der Waals surface area contributed by atoms with Crippen molar-refractivity contribution < 1.29 is 4.79 Å². The summed E-state index contributed by atoms with van der Waals surface area (Å²) < 4.78 is 1.69. The van der Waals surface area contributed by atoms with Gasteiger partial charge in [0, 0.05) is 23.4 Å². The van der Waals surface area contributed by atoms with Crippen LogP contribution < -0.4 is 5.32 Å². The molecule has 2 aromatic rings. The van der Waals surface area contributed by atoms with Gasteiger partial charge in [-0.1, -0.05) is 50.1 Å². The van der Waals surface area contributed by atoms with Crippen LogP contribution in [0.15, 0.2) is 42.1 Å². The second-order valence-corrected chi connectivity index (χ2v) is 7.48. The van der Waals surface area contributed by atoms with E-state index in [9.17, 15) is 10.1 Å². The second kappa shape index (κ2) is 9.71. The number of aryl methyl sites for hydroxylation is 1. The Bertz CT molecular complexity index is 961. The smallest absolute Gasteiger partial charge is 0.262 e. The standard InChI is InChI=1S/C23H25N5O/c1-17-8-5-6-11-21(17)26-23(29)19(15-25)14-20-16-28(13-7-12-24)27-22(20)18-9-3-2-4-10-18/h2-4,9-10,14,16-17,21H,5-8,11,13H2,1H3,(H,26,29)/b19-14+/t17-,21+/m1/s1. The first-order valence-electron chi connectivity index (χ1n) is 10.0. The highest BCUT2D eigenvalue weighted by Gasteiger charge is 2.24. The molecule has 1 aliphatic rings. The van der Waals surface area contributed by atoms with E-state index < -0.39 is 0 Å². The molecule has 0 saturated heterocycles. The van der Waals surface area contributed by atoms with E-state index in [1.54, 1.807) is 17.0 Å². The Balaban J connectivity index is 1.89. The summed E-state index contributed by atoms with van der Waals surface area (Å²) in [5.74, 6) is 0.0799. The zero-order valence-electron chi connectivity index (χ0n) is 16.6. The van der Waals surface area contributed by atoms with Crippen molar-refractivity contribution in [2.45, 2.75) is 51.6 Å².